The van der Waals surface area contributed by atoms with Crippen molar-refractivity contribution in [1.29, 1.82) is 0 Å². The first-order valence-electron chi connectivity index (χ1n) is 6.23. The number of nitrogens with one attached hydrogen (secondary N) is 1. The summed E-state index contributed by atoms with van der Waals surface area (Å²) < 4.78 is 53.1. The molecule has 2 aliphatic heterocycles. The predicted molar refractivity (Wildman–Crippen MR) is 59.8 cm³/mol. The van der Waals surface area contributed by atoms with Crippen LogP contribution in [0.4, 0.5) is 13.2 Å². The molecule has 0 aromatic carbocycles. The summed E-state index contributed by atoms with van der Waals surface area (Å²) >= 11 is 0. The maximum Gasteiger partial charge on any atom is 0.471 e. The van der Waals surface area contributed by atoms with Crippen molar-refractivity contribution < 1.29 is 42.4 Å². The number of hydrogen-bond acceptors (Lipinski definition) is 6. The van der Waals surface area contributed by atoms with Crippen LogP contribution in [0.1, 0.15) is 13.8 Å². The Kier molecular flexibility index (Phi) is 4.19. The molecule has 1 amide bonds. The summed E-state index contributed by atoms with van der Waals surface area (Å²) in [6.07, 6.45) is -9.89. The zero-order valence-corrected chi connectivity index (χ0v) is 11.3. The van der Waals surface area contributed by atoms with Crippen molar-refractivity contribution in [1.82, 2.24) is 5.32 Å². The van der Waals surface area contributed by atoms with Crippen LogP contribution in [0.25, 0.3) is 0 Å². The molecule has 0 unspecified atom stereocenters. The fourth-order valence-corrected chi connectivity index (χ4v) is 2.36. The van der Waals surface area contributed by atoms with E-state index in [1.54, 1.807) is 5.32 Å². The molecule has 2 heterocycles. The Balaban J connectivity index is 2.17. The first-order valence-corrected chi connectivity index (χ1v) is 6.23. The first-order chi connectivity index (χ1) is 9.55. The molecule has 3 N–H and O–H groups in total. The standard InChI is InChI=1S/C11H16F3NO6/c1-10(2)20-7-5(15-9(18)11(12,13)14)6(4(17)3-16)19-8(7)21-10/h4-8,16-17H,3H2,1-2H3,(H,15,18)/t4-,5-,6-,7-,8-/m1/s1. The number of aliphatic hydroxyl groups excluding tert-OH is 2. The van der Waals surface area contributed by atoms with Gasteiger partial charge in [-0.1, -0.05) is 0 Å². The average molecular weight is 315 g/mol. The minimum atomic E-state index is -5.08. The van der Waals surface area contributed by atoms with Crippen molar-refractivity contribution in [3.63, 3.8) is 0 Å². The van der Waals surface area contributed by atoms with E-state index in [0.717, 1.165) is 0 Å². The van der Waals surface area contributed by atoms with Gasteiger partial charge in [-0.05, 0) is 13.8 Å². The molecular weight excluding hydrogens is 299 g/mol. The van der Waals surface area contributed by atoms with E-state index < -0.39 is 55.1 Å². The summed E-state index contributed by atoms with van der Waals surface area (Å²) in [5.41, 5.74) is 0. The highest BCUT2D eigenvalue weighted by Crippen LogP contribution is 2.38. The first kappa shape index (κ1) is 16.4. The van der Waals surface area contributed by atoms with Crippen LogP contribution in [0.5, 0.6) is 0 Å². The van der Waals surface area contributed by atoms with Gasteiger partial charge in [-0.2, -0.15) is 13.2 Å². The van der Waals surface area contributed by atoms with Gasteiger partial charge >= 0.3 is 12.1 Å². The average Bonchev–Trinajstić information content (AvgIpc) is 2.80. The Bertz CT molecular complexity index is 415. The van der Waals surface area contributed by atoms with Gasteiger partial charge in [-0.25, -0.2) is 0 Å². The highest BCUT2D eigenvalue weighted by molar-refractivity contribution is 5.82. The van der Waals surface area contributed by atoms with Crippen LogP contribution in [-0.4, -0.2) is 65.3 Å². The van der Waals surface area contributed by atoms with Crippen LogP contribution in [-0.2, 0) is 19.0 Å². The summed E-state index contributed by atoms with van der Waals surface area (Å²) in [4.78, 5) is 11.1. The zero-order valence-electron chi connectivity index (χ0n) is 11.3. The van der Waals surface area contributed by atoms with Gasteiger partial charge in [0.15, 0.2) is 12.1 Å². The highest BCUT2D eigenvalue weighted by Gasteiger charge is 2.58. The van der Waals surface area contributed by atoms with Crippen molar-refractivity contribution in [3.05, 3.63) is 0 Å². The highest BCUT2D eigenvalue weighted by atomic mass is 19.4. The number of hydrogen-bond donors (Lipinski definition) is 3. The Morgan fingerprint density at radius 1 is 1.38 bits per heavy atom. The van der Waals surface area contributed by atoms with Gasteiger partial charge in [-0.3, -0.25) is 4.79 Å². The number of fused-ring (bicyclic) bond motifs is 1. The van der Waals surface area contributed by atoms with Crippen LogP contribution in [0, 0.1) is 0 Å². The number of carbonyl (C=O) groups is 1. The number of rotatable bonds is 3. The number of amides is 1. The van der Waals surface area contributed by atoms with Crippen molar-refractivity contribution in [2.75, 3.05) is 6.61 Å². The van der Waals surface area contributed by atoms with Crippen molar-refractivity contribution in [3.8, 4) is 0 Å². The monoisotopic (exact) mass is 315 g/mol. The normalized spacial score (nSPS) is 36.3. The number of aliphatic hydroxyl groups is 2. The topological polar surface area (TPSA) is 97.3 Å². The molecule has 0 radical (unpaired) electrons. The van der Waals surface area contributed by atoms with Crippen LogP contribution in [0.15, 0.2) is 0 Å². The largest absolute Gasteiger partial charge is 0.471 e. The molecule has 2 saturated heterocycles. The van der Waals surface area contributed by atoms with Gasteiger partial charge < -0.3 is 29.7 Å². The fourth-order valence-electron chi connectivity index (χ4n) is 2.36. The van der Waals surface area contributed by atoms with Gasteiger partial charge in [0.25, 0.3) is 0 Å². The Morgan fingerprint density at radius 2 is 2.00 bits per heavy atom. The summed E-state index contributed by atoms with van der Waals surface area (Å²) in [6.45, 7) is 2.33. The molecule has 5 atom stereocenters. The predicted octanol–water partition coefficient (Wildman–Crippen LogP) is -0.737. The minimum absolute atomic E-state index is 0.744. The van der Waals surface area contributed by atoms with Gasteiger partial charge in [-0.15, -0.1) is 0 Å². The Labute approximate surface area is 118 Å². The van der Waals surface area contributed by atoms with Gasteiger partial charge in [0.2, 0.25) is 0 Å². The molecule has 0 aromatic rings. The second kappa shape index (κ2) is 5.36. The lowest BCUT2D eigenvalue weighted by atomic mass is 10.0. The van der Waals surface area contributed by atoms with Crippen molar-refractivity contribution in [2.24, 2.45) is 0 Å². The van der Waals surface area contributed by atoms with Crippen LogP contribution in [0.3, 0.4) is 0 Å². The molecule has 21 heavy (non-hydrogen) atoms. The second-order valence-corrected chi connectivity index (χ2v) is 5.32. The quantitative estimate of drug-likeness (QED) is 0.635. The number of halogens is 3. The molecular formula is C11H16F3NO6. The van der Waals surface area contributed by atoms with E-state index in [9.17, 15) is 23.1 Å². The summed E-state index contributed by atoms with van der Waals surface area (Å²) in [7, 11) is 0. The molecule has 7 nitrogen and oxygen atoms in total. The number of ether oxygens (including phenoxy) is 3. The molecule has 2 fully saturated rings. The third kappa shape index (κ3) is 3.29. The molecule has 122 valence electrons. The molecule has 0 bridgehead atoms. The molecule has 0 aromatic heterocycles. The SMILES string of the molecule is CC1(C)O[C@H]2O[C@H]([C@H](O)CO)[C@@H](NC(=O)C(F)(F)F)[C@H]2O1. The lowest BCUT2D eigenvalue weighted by molar-refractivity contribution is -0.219. The number of carbonyl (C=O) groups excluding carboxylic acids is 1. The molecule has 2 aliphatic rings. The molecule has 10 heteroatoms. The van der Waals surface area contributed by atoms with Gasteiger partial charge in [0.05, 0.1) is 12.6 Å². The van der Waals surface area contributed by atoms with E-state index in [1.807, 2.05) is 0 Å². The van der Waals surface area contributed by atoms with Crippen LogP contribution in [0.2, 0.25) is 0 Å². The van der Waals surface area contributed by atoms with E-state index in [0.29, 0.717) is 0 Å². The second-order valence-electron chi connectivity index (χ2n) is 5.32. The van der Waals surface area contributed by atoms with E-state index in [2.05, 4.69) is 0 Å². The third-order valence-corrected chi connectivity index (χ3v) is 3.21. The maximum atomic E-state index is 12.4. The van der Waals surface area contributed by atoms with Gasteiger partial charge in [0, 0.05) is 0 Å². The Hall–Kier alpha value is -0.940. The fraction of sp³-hybridized carbons (Fsp3) is 0.909. The van der Waals surface area contributed by atoms with E-state index >= 15 is 0 Å². The maximum absolute atomic E-state index is 12.4. The molecule has 2 rings (SSSR count). The van der Waals surface area contributed by atoms with Crippen LogP contribution < -0.4 is 5.32 Å². The molecule has 0 spiro atoms. The smallest absolute Gasteiger partial charge is 0.394 e. The van der Waals surface area contributed by atoms with Crippen LogP contribution >= 0.6 is 0 Å². The van der Waals surface area contributed by atoms with E-state index in [4.69, 9.17) is 19.3 Å². The zero-order chi connectivity index (χ0) is 16.0. The lowest BCUT2D eigenvalue weighted by Gasteiger charge is -2.28. The lowest BCUT2D eigenvalue weighted by Crippen LogP contribution is -2.55. The summed E-state index contributed by atoms with van der Waals surface area (Å²) in [5, 5.41) is 20.3. The molecule has 0 saturated carbocycles. The Morgan fingerprint density at radius 3 is 2.52 bits per heavy atom. The number of alkyl halides is 3. The minimum Gasteiger partial charge on any atom is -0.394 e. The van der Waals surface area contributed by atoms with Crippen molar-refractivity contribution in [2.45, 2.75) is 56.5 Å². The summed E-state index contributed by atoms with van der Waals surface area (Å²) in [5.74, 6) is -3.27. The third-order valence-electron chi connectivity index (χ3n) is 3.21. The summed E-state index contributed by atoms with van der Waals surface area (Å²) in [6, 6.07) is -1.30. The molecule has 0 aliphatic carbocycles. The van der Waals surface area contributed by atoms with Crippen molar-refractivity contribution >= 4 is 5.91 Å². The van der Waals surface area contributed by atoms with E-state index in [1.165, 1.54) is 13.8 Å². The van der Waals surface area contributed by atoms with Gasteiger partial charge in [0.1, 0.15) is 18.3 Å². The van der Waals surface area contributed by atoms with E-state index in [-0.39, 0.29) is 0 Å².